The molecule has 1 heterocycles. The number of benzene rings is 1. The van der Waals surface area contributed by atoms with E-state index in [-0.39, 0.29) is 0 Å². The molecule has 0 aliphatic rings. The van der Waals surface area contributed by atoms with Gasteiger partial charge in [0.15, 0.2) is 0 Å². The second kappa shape index (κ2) is 4.64. The second-order valence-corrected chi connectivity index (χ2v) is 3.34. The van der Waals surface area contributed by atoms with Gasteiger partial charge in [-0.05, 0) is 32.4 Å². The van der Waals surface area contributed by atoms with E-state index in [0.717, 1.165) is 22.4 Å². The first-order valence-corrected chi connectivity index (χ1v) is 4.68. The second-order valence-electron chi connectivity index (χ2n) is 3.34. The fraction of sp³-hybridized carbons (Fsp3) is 0.250. The van der Waals surface area contributed by atoms with E-state index in [1.165, 1.54) is 5.56 Å². The average Bonchev–Trinajstić information content (AvgIpc) is 2.24. The molecule has 3 nitrogen and oxygen atoms in total. The van der Waals surface area contributed by atoms with Gasteiger partial charge in [0.25, 0.3) is 0 Å². The topological polar surface area (TPSA) is 42.9 Å². The minimum Gasteiger partial charge on any atom is -0.307 e. The number of aromatic nitrogens is 2. The van der Waals surface area contributed by atoms with Crippen molar-refractivity contribution in [2.75, 3.05) is 0 Å². The number of rotatable bonds is 0. The maximum absolute atomic E-state index is 8.00. The first kappa shape index (κ1) is 11.3. The zero-order valence-electron chi connectivity index (χ0n) is 9.24. The third-order valence-corrected chi connectivity index (χ3v) is 2.31. The zero-order chi connectivity index (χ0) is 11.4. The average molecular weight is 202 g/mol. The highest BCUT2D eigenvalue weighted by Crippen LogP contribution is 2.15. The standard InChI is InChI=1S/C11H12N2.CH2O/c1-7-5-4-6-10-11(7)13-9(3)8(2)12-10;1-2/h4-6H,1-3H3;1H2. The lowest BCUT2D eigenvalue weighted by Crippen LogP contribution is -1.94. The summed E-state index contributed by atoms with van der Waals surface area (Å²) in [5.41, 5.74) is 5.22. The van der Waals surface area contributed by atoms with Crippen molar-refractivity contribution in [2.45, 2.75) is 20.8 Å². The third kappa shape index (κ3) is 2.18. The van der Waals surface area contributed by atoms with E-state index in [2.05, 4.69) is 23.0 Å². The number of nitrogens with zero attached hydrogens (tertiary/aromatic N) is 2. The van der Waals surface area contributed by atoms with Crippen molar-refractivity contribution in [3.8, 4) is 0 Å². The lowest BCUT2D eigenvalue weighted by atomic mass is 10.2. The van der Waals surface area contributed by atoms with E-state index in [0.29, 0.717) is 0 Å². The van der Waals surface area contributed by atoms with Gasteiger partial charge in [0.05, 0.1) is 22.4 Å². The molecule has 0 amide bonds. The molecule has 0 fully saturated rings. The van der Waals surface area contributed by atoms with Gasteiger partial charge in [-0.2, -0.15) is 0 Å². The first-order valence-electron chi connectivity index (χ1n) is 4.68. The largest absolute Gasteiger partial charge is 0.307 e. The molecular formula is C12H14N2O. The van der Waals surface area contributed by atoms with Crippen LogP contribution < -0.4 is 0 Å². The molecule has 0 N–H and O–H groups in total. The van der Waals surface area contributed by atoms with E-state index in [9.17, 15) is 0 Å². The molecule has 15 heavy (non-hydrogen) atoms. The maximum Gasteiger partial charge on any atom is 0.106 e. The molecule has 0 aliphatic carbocycles. The van der Waals surface area contributed by atoms with Crippen LogP contribution in [0.25, 0.3) is 11.0 Å². The van der Waals surface area contributed by atoms with E-state index in [1.54, 1.807) is 0 Å². The Morgan fingerprint density at radius 2 is 1.60 bits per heavy atom. The van der Waals surface area contributed by atoms with Gasteiger partial charge >= 0.3 is 0 Å². The number of aryl methyl sites for hydroxylation is 3. The minimum absolute atomic E-state index is 0.989. The van der Waals surface area contributed by atoms with Gasteiger partial charge < -0.3 is 4.79 Å². The Kier molecular flexibility index (Phi) is 3.50. The van der Waals surface area contributed by atoms with Gasteiger partial charge in [-0.3, -0.25) is 0 Å². The van der Waals surface area contributed by atoms with Crippen molar-refractivity contribution >= 4 is 17.8 Å². The molecule has 0 aliphatic heterocycles. The van der Waals surface area contributed by atoms with Gasteiger partial charge in [-0.1, -0.05) is 12.1 Å². The minimum atomic E-state index is 0.989. The van der Waals surface area contributed by atoms with Crippen LogP contribution in [0.15, 0.2) is 18.2 Å². The van der Waals surface area contributed by atoms with E-state index in [1.807, 2.05) is 32.8 Å². The first-order chi connectivity index (χ1) is 7.18. The molecule has 0 radical (unpaired) electrons. The van der Waals surface area contributed by atoms with Crippen molar-refractivity contribution in [3.05, 3.63) is 35.2 Å². The maximum atomic E-state index is 8.00. The third-order valence-electron chi connectivity index (χ3n) is 2.31. The van der Waals surface area contributed by atoms with Crippen LogP contribution in [0.3, 0.4) is 0 Å². The molecule has 0 bridgehead atoms. The summed E-state index contributed by atoms with van der Waals surface area (Å²) in [6.07, 6.45) is 0. The highest BCUT2D eigenvalue weighted by molar-refractivity contribution is 5.77. The molecule has 1 aromatic carbocycles. The number of fused-ring (bicyclic) bond motifs is 1. The molecule has 1 aromatic heterocycles. The van der Waals surface area contributed by atoms with E-state index in [4.69, 9.17) is 4.79 Å². The molecule has 0 unspecified atom stereocenters. The van der Waals surface area contributed by atoms with Crippen molar-refractivity contribution in [1.82, 2.24) is 9.97 Å². The van der Waals surface area contributed by atoms with Crippen LogP contribution in [0.2, 0.25) is 0 Å². The number of hydrogen-bond donors (Lipinski definition) is 0. The van der Waals surface area contributed by atoms with Gasteiger partial charge in [0.2, 0.25) is 0 Å². The quantitative estimate of drug-likeness (QED) is 0.658. The molecule has 78 valence electrons. The smallest absolute Gasteiger partial charge is 0.106 e. The van der Waals surface area contributed by atoms with Crippen molar-refractivity contribution in [3.63, 3.8) is 0 Å². The monoisotopic (exact) mass is 202 g/mol. The van der Waals surface area contributed by atoms with E-state index >= 15 is 0 Å². The number of para-hydroxylation sites is 1. The molecule has 0 spiro atoms. The predicted octanol–water partition coefficient (Wildman–Crippen LogP) is 2.37. The van der Waals surface area contributed by atoms with E-state index < -0.39 is 0 Å². The molecule has 0 atom stereocenters. The molecule has 2 aromatic rings. The highest BCUT2D eigenvalue weighted by Gasteiger charge is 2.02. The zero-order valence-corrected chi connectivity index (χ0v) is 9.24. The number of hydrogen-bond acceptors (Lipinski definition) is 3. The van der Waals surface area contributed by atoms with Crippen LogP contribution in [0.4, 0.5) is 0 Å². The van der Waals surface area contributed by atoms with Crippen LogP contribution in [0.5, 0.6) is 0 Å². The Balaban J connectivity index is 0.000000531. The van der Waals surface area contributed by atoms with Gasteiger partial charge in [-0.25, -0.2) is 9.97 Å². The normalized spacial score (nSPS) is 9.53. The Labute approximate surface area is 89.2 Å². The Morgan fingerprint density at radius 3 is 2.27 bits per heavy atom. The highest BCUT2D eigenvalue weighted by atomic mass is 16.1. The summed E-state index contributed by atoms with van der Waals surface area (Å²) in [6.45, 7) is 8.05. The van der Waals surface area contributed by atoms with Crippen molar-refractivity contribution < 1.29 is 4.79 Å². The summed E-state index contributed by atoms with van der Waals surface area (Å²) in [6, 6.07) is 6.08. The van der Waals surface area contributed by atoms with Crippen LogP contribution >= 0.6 is 0 Å². The predicted molar refractivity (Wildman–Crippen MR) is 60.9 cm³/mol. The lowest BCUT2D eigenvalue weighted by Gasteiger charge is -2.03. The molecule has 2 rings (SSSR count). The Morgan fingerprint density at radius 1 is 1.00 bits per heavy atom. The fourth-order valence-corrected chi connectivity index (χ4v) is 1.39. The number of carbonyl (C=O) groups is 1. The summed E-state index contributed by atoms with van der Waals surface area (Å²) >= 11 is 0. The fourth-order valence-electron chi connectivity index (χ4n) is 1.39. The van der Waals surface area contributed by atoms with Crippen LogP contribution in [-0.4, -0.2) is 16.8 Å². The van der Waals surface area contributed by atoms with Crippen LogP contribution in [0.1, 0.15) is 17.0 Å². The van der Waals surface area contributed by atoms with Gasteiger partial charge in [0.1, 0.15) is 6.79 Å². The summed E-state index contributed by atoms with van der Waals surface area (Å²) in [5.74, 6) is 0. The lowest BCUT2D eigenvalue weighted by molar-refractivity contribution is -0.0979. The van der Waals surface area contributed by atoms with Crippen LogP contribution in [0, 0.1) is 20.8 Å². The van der Waals surface area contributed by atoms with Crippen LogP contribution in [-0.2, 0) is 4.79 Å². The summed E-state index contributed by atoms with van der Waals surface area (Å²) < 4.78 is 0. The van der Waals surface area contributed by atoms with Crippen molar-refractivity contribution in [2.24, 2.45) is 0 Å². The molecule has 0 saturated heterocycles. The Bertz CT molecular complexity index is 480. The molecule has 0 saturated carbocycles. The number of carbonyl (C=O) groups excluding carboxylic acids is 1. The van der Waals surface area contributed by atoms with Crippen molar-refractivity contribution in [1.29, 1.82) is 0 Å². The Hall–Kier alpha value is -1.77. The summed E-state index contributed by atoms with van der Waals surface area (Å²) in [4.78, 5) is 17.0. The summed E-state index contributed by atoms with van der Waals surface area (Å²) in [7, 11) is 0. The molecule has 3 heteroatoms. The van der Waals surface area contributed by atoms with Gasteiger partial charge in [-0.15, -0.1) is 0 Å². The SMILES string of the molecule is C=O.Cc1nc2cccc(C)c2nc1C. The summed E-state index contributed by atoms with van der Waals surface area (Å²) in [5, 5.41) is 0. The van der Waals surface area contributed by atoms with Gasteiger partial charge in [0, 0.05) is 0 Å². The molecular weight excluding hydrogens is 188 g/mol.